The van der Waals surface area contributed by atoms with Crippen molar-refractivity contribution in [1.29, 1.82) is 0 Å². The van der Waals surface area contributed by atoms with Crippen LogP contribution in [0.4, 0.5) is 0 Å². The topological polar surface area (TPSA) is 41.5 Å². The first-order chi connectivity index (χ1) is 6.92. The van der Waals surface area contributed by atoms with Gasteiger partial charge in [-0.25, -0.2) is 0 Å². The highest BCUT2D eigenvalue weighted by molar-refractivity contribution is 8.10. The lowest BCUT2D eigenvalue weighted by Gasteiger charge is -2.28. The molecule has 1 rings (SSSR count). The van der Waals surface area contributed by atoms with E-state index >= 15 is 0 Å². The fraction of sp³-hybridized carbons (Fsp3) is 1.00. The minimum Gasteiger partial charge on any atom is -0.821 e. The van der Waals surface area contributed by atoms with Crippen LogP contribution in [0.1, 0.15) is 20.3 Å². The Bertz CT molecular complexity index is 241. The lowest BCUT2D eigenvalue weighted by Crippen LogP contribution is -2.26. The van der Waals surface area contributed by atoms with Crippen LogP contribution < -0.4 is 4.89 Å². The molecule has 0 radical (unpaired) electrons. The zero-order valence-corrected chi connectivity index (χ0v) is 11.4. The Morgan fingerprint density at radius 1 is 1.60 bits per heavy atom. The number of rotatable bonds is 5. The van der Waals surface area contributed by atoms with Gasteiger partial charge >= 0.3 is 0 Å². The summed E-state index contributed by atoms with van der Waals surface area (Å²) in [6.07, 6.45) is -0.493. The van der Waals surface area contributed by atoms with Crippen molar-refractivity contribution in [2.45, 2.75) is 32.5 Å². The first kappa shape index (κ1) is 13.6. The molecule has 4 atom stereocenters. The van der Waals surface area contributed by atoms with E-state index in [2.05, 4.69) is 0 Å². The Labute approximate surface area is 97.2 Å². The molecule has 0 aliphatic carbocycles. The molecule has 0 spiro atoms. The summed E-state index contributed by atoms with van der Waals surface area (Å²) in [7, 11) is 0. The first-order valence-electron chi connectivity index (χ1n) is 5.43. The molecule has 90 valence electrons. The number of ether oxygens (including phenoxy) is 2. The fourth-order valence-corrected chi connectivity index (χ4v) is 3.88. The van der Waals surface area contributed by atoms with Gasteiger partial charge in [-0.2, -0.15) is 0 Å². The van der Waals surface area contributed by atoms with E-state index in [1.807, 2.05) is 13.8 Å². The molecule has 3 nitrogen and oxygen atoms in total. The van der Waals surface area contributed by atoms with Crippen molar-refractivity contribution in [3.05, 3.63) is 0 Å². The lowest BCUT2D eigenvalue weighted by molar-refractivity contribution is -0.160. The Kier molecular flexibility index (Phi) is 5.20. The lowest BCUT2D eigenvalue weighted by atomic mass is 10.0. The highest BCUT2D eigenvalue weighted by Crippen LogP contribution is 2.39. The van der Waals surface area contributed by atoms with Gasteiger partial charge in [0.2, 0.25) is 0 Å². The van der Waals surface area contributed by atoms with E-state index in [-0.39, 0.29) is 12.2 Å². The molecule has 5 heteroatoms. The SMILES string of the molecule is CCOC[C@H]1O[C@@H](C)CC1CP(C)([O-])=S. The van der Waals surface area contributed by atoms with Gasteiger partial charge in [-0.15, -0.1) is 18.1 Å². The molecule has 0 aromatic heterocycles. The van der Waals surface area contributed by atoms with Gasteiger partial charge < -0.3 is 14.4 Å². The molecule has 0 aromatic rings. The molecule has 0 saturated carbocycles. The summed E-state index contributed by atoms with van der Waals surface area (Å²) in [5.74, 6) is 0.305. The summed E-state index contributed by atoms with van der Waals surface area (Å²) in [5.41, 5.74) is 0. The van der Waals surface area contributed by atoms with Gasteiger partial charge in [-0.1, -0.05) is 0 Å². The maximum Gasteiger partial charge on any atom is 0.0844 e. The maximum atomic E-state index is 11.6. The van der Waals surface area contributed by atoms with Crippen LogP contribution in [-0.4, -0.2) is 38.2 Å². The van der Waals surface area contributed by atoms with Crippen molar-refractivity contribution in [2.24, 2.45) is 5.92 Å². The molecule has 1 saturated heterocycles. The van der Waals surface area contributed by atoms with Gasteiger partial charge in [0.05, 0.1) is 18.8 Å². The summed E-state index contributed by atoms with van der Waals surface area (Å²) in [5, 5.41) is 0. The van der Waals surface area contributed by atoms with Crippen molar-refractivity contribution in [2.75, 3.05) is 26.0 Å². The van der Waals surface area contributed by atoms with Crippen LogP contribution in [0.25, 0.3) is 0 Å². The van der Waals surface area contributed by atoms with Crippen LogP contribution in [0.5, 0.6) is 0 Å². The van der Waals surface area contributed by atoms with E-state index in [0.29, 0.717) is 25.3 Å². The summed E-state index contributed by atoms with van der Waals surface area (Å²) >= 11 is 4.98. The van der Waals surface area contributed by atoms with E-state index in [9.17, 15) is 4.89 Å². The van der Waals surface area contributed by atoms with E-state index in [1.54, 1.807) is 6.66 Å². The van der Waals surface area contributed by atoms with Crippen molar-refractivity contribution >= 4 is 18.1 Å². The Morgan fingerprint density at radius 3 is 2.80 bits per heavy atom. The molecule has 1 heterocycles. The molecule has 0 bridgehead atoms. The molecule has 2 unspecified atom stereocenters. The summed E-state index contributed by atoms with van der Waals surface area (Å²) in [6, 6.07) is 0. The second-order valence-electron chi connectivity index (χ2n) is 4.34. The quantitative estimate of drug-likeness (QED) is 0.689. The summed E-state index contributed by atoms with van der Waals surface area (Å²) < 4.78 is 11.1. The molecule has 1 aliphatic heterocycles. The smallest absolute Gasteiger partial charge is 0.0844 e. The molecule has 0 N–H and O–H groups in total. The predicted molar refractivity (Wildman–Crippen MR) is 64.0 cm³/mol. The van der Waals surface area contributed by atoms with Crippen molar-refractivity contribution in [1.82, 2.24) is 0 Å². The molecule has 1 fully saturated rings. The Balaban J connectivity index is 2.49. The van der Waals surface area contributed by atoms with Gasteiger partial charge in [0.1, 0.15) is 0 Å². The predicted octanol–water partition coefficient (Wildman–Crippen LogP) is 1.20. The minimum absolute atomic E-state index is 0.0798. The minimum atomic E-state index is -2.36. The number of hydrogen-bond acceptors (Lipinski definition) is 4. The van der Waals surface area contributed by atoms with E-state index < -0.39 is 6.26 Å². The zero-order valence-electron chi connectivity index (χ0n) is 9.64. The van der Waals surface area contributed by atoms with Crippen LogP contribution >= 0.6 is 6.26 Å². The van der Waals surface area contributed by atoms with Crippen LogP contribution in [0.15, 0.2) is 0 Å². The maximum absolute atomic E-state index is 11.6. The normalized spacial score (nSPS) is 35.3. The first-order valence-corrected chi connectivity index (χ1v) is 8.78. The third-order valence-electron chi connectivity index (χ3n) is 2.62. The molecule has 0 aromatic carbocycles. The standard InChI is InChI=1S/C10H21O3PS/c1-4-12-6-10-9(5-8(2)13-10)7-14(3,11)15/h8-10H,4-7H2,1-3H3,(H,11,15)/p-1/t8-,9?,10+,14?/m0/s1. The van der Waals surface area contributed by atoms with Crippen LogP contribution in [0.3, 0.4) is 0 Å². The van der Waals surface area contributed by atoms with Gasteiger partial charge in [0.25, 0.3) is 0 Å². The van der Waals surface area contributed by atoms with Crippen molar-refractivity contribution in [3.63, 3.8) is 0 Å². The highest BCUT2D eigenvalue weighted by atomic mass is 32.4. The third kappa shape index (κ3) is 4.92. The number of hydrogen-bond donors (Lipinski definition) is 0. The van der Waals surface area contributed by atoms with Crippen molar-refractivity contribution < 1.29 is 14.4 Å². The Hall–Kier alpha value is 0.530. The monoisotopic (exact) mass is 251 g/mol. The summed E-state index contributed by atoms with van der Waals surface area (Å²) in [6.45, 7) is 6.97. The second-order valence-corrected chi connectivity index (χ2v) is 9.05. The fourth-order valence-electron chi connectivity index (χ4n) is 2.07. The van der Waals surface area contributed by atoms with Gasteiger partial charge in [-0.05, 0) is 39.0 Å². The molecule has 15 heavy (non-hydrogen) atoms. The van der Waals surface area contributed by atoms with Crippen LogP contribution in [0, 0.1) is 5.92 Å². The highest BCUT2D eigenvalue weighted by Gasteiger charge is 2.33. The second kappa shape index (κ2) is 5.74. The average molecular weight is 251 g/mol. The molecular formula is C10H20O3PS-. The largest absolute Gasteiger partial charge is 0.821 e. The van der Waals surface area contributed by atoms with Crippen LogP contribution in [-0.2, 0) is 21.3 Å². The van der Waals surface area contributed by atoms with E-state index in [0.717, 1.165) is 6.42 Å². The average Bonchev–Trinajstić information content (AvgIpc) is 2.39. The summed E-state index contributed by atoms with van der Waals surface area (Å²) in [4.78, 5) is 11.6. The van der Waals surface area contributed by atoms with Crippen molar-refractivity contribution in [3.8, 4) is 0 Å². The van der Waals surface area contributed by atoms with E-state index in [1.165, 1.54) is 0 Å². The molecular weight excluding hydrogens is 231 g/mol. The zero-order chi connectivity index (χ0) is 11.5. The molecule has 1 aliphatic rings. The van der Waals surface area contributed by atoms with Gasteiger partial charge in [0, 0.05) is 6.61 Å². The third-order valence-corrected chi connectivity index (χ3v) is 4.20. The van der Waals surface area contributed by atoms with Gasteiger partial charge in [-0.3, -0.25) is 0 Å². The van der Waals surface area contributed by atoms with Crippen LogP contribution in [0.2, 0.25) is 0 Å². The Morgan fingerprint density at radius 2 is 2.27 bits per heavy atom. The molecule has 0 amide bonds. The van der Waals surface area contributed by atoms with Gasteiger partial charge in [0.15, 0.2) is 0 Å². The van der Waals surface area contributed by atoms with E-state index in [4.69, 9.17) is 21.3 Å².